The van der Waals surface area contributed by atoms with Gasteiger partial charge in [-0.3, -0.25) is 9.11 Å². The van der Waals surface area contributed by atoms with Crippen LogP contribution in [0, 0.1) is 11.8 Å². The Balaban J connectivity index is -0.000000316. The van der Waals surface area contributed by atoms with Crippen LogP contribution < -0.4 is 0 Å². The van der Waals surface area contributed by atoms with E-state index in [1.165, 1.54) is 0 Å². The first-order valence-corrected chi connectivity index (χ1v) is 10.0. The maximum atomic E-state index is 12.2. The Morgan fingerprint density at radius 2 is 1.00 bits per heavy atom. The summed E-state index contributed by atoms with van der Waals surface area (Å²) < 4.78 is 104. The lowest BCUT2D eigenvalue weighted by molar-refractivity contribution is 0.0330. The molecule has 0 bridgehead atoms. The number of aliphatic hydroxyl groups excluding tert-OH is 2. The minimum atomic E-state index is -5.23. The van der Waals surface area contributed by atoms with Crippen LogP contribution in [0.15, 0.2) is 0 Å². The molecule has 0 saturated heterocycles. The molecule has 0 aromatic rings. The summed E-state index contributed by atoms with van der Waals surface area (Å²) in [6, 6.07) is 0. The van der Waals surface area contributed by atoms with Gasteiger partial charge in [0, 0.05) is 18.4 Å². The molecule has 0 radical (unpaired) electrons. The van der Waals surface area contributed by atoms with E-state index in [4.69, 9.17) is 19.3 Å². The van der Waals surface area contributed by atoms with Crippen LogP contribution >= 0.6 is 0 Å². The molecule has 4 N–H and O–H groups in total. The molecule has 1 atom stereocenters. The summed E-state index contributed by atoms with van der Waals surface area (Å²) in [5, 5.41) is 8.40. The van der Waals surface area contributed by atoms with Gasteiger partial charge in [-0.2, -0.15) is 34.4 Å². The molecule has 0 aromatic carbocycles. The first-order valence-electron chi connectivity index (χ1n) is 7.14. The Kier molecular flexibility index (Phi) is 13.2. The summed E-state index contributed by atoms with van der Waals surface area (Å²) in [5.41, 5.74) is 0. The molecule has 0 aliphatic heterocycles. The highest BCUT2D eigenvalue weighted by molar-refractivity contribution is 7.87. The molecule has 0 rings (SSSR count). The third-order valence-corrected chi connectivity index (χ3v) is 4.90. The van der Waals surface area contributed by atoms with Crippen molar-refractivity contribution in [3.63, 3.8) is 0 Å². The lowest BCUT2D eigenvalue weighted by Crippen LogP contribution is -2.33. The summed E-state index contributed by atoms with van der Waals surface area (Å²) >= 11 is 0. The number of alkyl halides is 4. The van der Waals surface area contributed by atoms with E-state index in [2.05, 4.69) is 0 Å². The Morgan fingerprint density at radius 3 is 1.00 bits per heavy atom. The maximum absolute atomic E-state index is 12.2. The standard InChI is InChI=1S/2C4H8F2O3S.C4H10O2/c2*1-3(2)4(5,6)10(7,8)9;1-4(6)2-3-5/h2*3H,1-2H3,(H,7,8,9);4-6H,2-3H2,1H3. The number of halogens is 4. The van der Waals surface area contributed by atoms with Gasteiger partial charge in [0.2, 0.25) is 0 Å². The van der Waals surface area contributed by atoms with Crippen molar-refractivity contribution in [2.24, 2.45) is 11.8 Å². The van der Waals surface area contributed by atoms with Gasteiger partial charge in [0.15, 0.2) is 0 Å². The minimum Gasteiger partial charge on any atom is -0.396 e. The Hall–Kier alpha value is -0.540. The van der Waals surface area contributed by atoms with Crippen molar-refractivity contribution < 1.29 is 53.7 Å². The number of aliphatic hydroxyl groups is 2. The van der Waals surface area contributed by atoms with Crippen LogP contribution in [-0.2, 0) is 20.2 Å². The second-order valence-corrected chi connectivity index (χ2v) is 8.73. The number of hydrogen-bond donors (Lipinski definition) is 4. The van der Waals surface area contributed by atoms with E-state index in [-0.39, 0.29) is 12.7 Å². The molecule has 8 nitrogen and oxygen atoms in total. The molecule has 0 aromatic heterocycles. The largest absolute Gasteiger partial charge is 0.396 e. The molecule has 0 saturated carbocycles. The van der Waals surface area contributed by atoms with Gasteiger partial charge < -0.3 is 10.2 Å². The highest BCUT2D eigenvalue weighted by atomic mass is 32.2. The zero-order valence-corrected chi connectivity index (χ0v) is 16.5. The van der Waals surface area contributed by atoms with E-state index in [1.54, 1.807) is 6.92 Å². The molecule has 26 heavy (non-hydrogen) atoms. The van der Waals surface area contributed by atoms with Crippen LogP contribution in [0.5, 0.6) is 0 Å². The second kappa shape index (κ2) is 11.3. The minimum absolute atomic E-state index is 0.0810. The monoisotopic (exact) mass is 438 g/mol. The van der Waals surface area contributed by atoms with Crippen LogP contribution in [0.3, 0.4) is 0 Å². The third kappa shape index (κ3) is 11.2. The zero-order valence-electron chi connectivity index (χ0n) is 14.9. The predicted octanol–water partition coefficient (Wildman–Crippen LogP) is 2.00. The molecule has 0 heterocycles. The molecule has 0 aliphatic carbocycles. The van der Waals surface area contributed by atoms with Gasteiger partial charge in [-0.1, -0.05) is 27.7 Å². The SMILES string of the molecule is CC(C)C(F)(F)S(=O)(=O)O.CC(C)C(F)(F)S(=O)(=O)O.CC(O)CCO. The highest BCUT2D eigenvalue weighted by Gasteiger charge is 2.47. The third-order valence-electron chi connectivity index (χ3n) is 2.58. The van der Waals surface area contributed by atoms with Crippen molar-refractivity contribution >= 4 is 20.2 Å². The number of rotatable bonds is 6. The van der Waals surface area contributed by atoms with Crippen molar-refractivity contribution in [1.82, 2.24) is 0 Å². The molecular weight excluding hydrogens is 412 g/mol. The summed E-state index contributed by atoms with van der Waals surface area (Å²) in [5.74, 6) is -2.83. The van der Waals surface area contributed by atoms with E-state index >= 15 is 0 Å². The fraction of sp³-hybridized carbons (Fsp3) is 1.00. The molecule has 162 valence electrons. The summed E-state index contributed by atoms with van der Waals surface area (Å²) in [7, 11) is -10.5. The van der Waals surface area contributed by atoms with Crippen molar-refractivity contribution in [3.05, 3.63) is 0 Å². The quantitative estimate of drug-likeness (QED) is 0.363. The molecule has 14 heteroatoms. The van der Waals surface area contributed by atoms with Crippen LogP contribution in [0.2, 0.25) is 0 Å². The van der Waals surface area contributed by atoms with Crippen molar-refractivity contribution in [3.8, 4) is 0 Å². The topological polar surface area (TPSA) is 149 Å². The molecular formula is C12H26F4O8S2. The average Bonchev–Trinajstić information content (AvgIpc) is 2.36. The Bertz CT molecular complexity index is 538. The van der Waals surface area contributed by atoms with Gasteiger partial charge in [0.05, 0.1) is 6.10 Å². The van der Waals surface area contributed by atoms with Crippen LogP contribution in [0.4, 0.5) is 17.6 Å². The van der Waals surface area contributed by atoms with Crippen LogP contribution in [0.25, 0.3) is 0 Å². The Morgan fingerprint density at radius 1 is 0.769 bits per heavy atom. The van der Waals surface area contributed by atoms with Crippen molar-refractivity contribution in [1.29, 1.82) is 0 Å². The lowest BCUT2D eigenvalue weighted by atomic mass is 10.2. The molecule has 0 fully saturated rings. The molecule has 0 amide bonds. The van der Waals surface area contributed by atoms with Crippen molar-refractivity contribution in [2.75, 3.05) is 6.61 Å². The van der Waals surface area contributed by atoms with Gasteiger partial charge in [-0.05, 0) is 13.3 Å². The van der Waals surface area contributed by atoms with Crippen LogP contribution in [0.1, 0.15) is 41.0 Å². The maximum Gasteiger partial charge on any atom is 0.372 e. The average molecular weight is 438 g/mol. The van der Waals surface area contributed by atoms with E-state index < -0.39 is 42.6 Å². The summed E-state index contributed by atoms with van der Waals surface area (Å²) in [6.45, 7) is 5.76. The van der Waals surface area contributed by atoms with Gasteiger partial charge in [-0.25, -0.2) is 0 Å². The van der Waals surface area contributed by atoms with E-state index in [1.807, 2.05) is 0 Å². The van der Waals surface area contributed by atoms with Gasteiger partial charge in [-0.15, -0.1) is 0 Å². The predicted molar refractivity (Wildman–Crippen MR) is 86.1 cm³/mol. The lowest BCUT2D eigenvalue weighted by Gasteiger charge is -2.15. The first kappa shape index (κ1) is 30.2. The zero-order chi connectivity index (χ0) is 22.1. The van der Waals surface area contributed by atoms with E-state index in [0.29, 0.717) is 6.42 Å². The van der Waals surface area contributed by atoms with Crippen molar-refractivity contribution in [2.45, 2.75) is 57.7 Å². The number of hydrogen-bond acceptors (Lipinski definition) is 6. The fourth-order valence-corrected chi connectivity index (χ4v) is 1.97. The normalized spacial score (nSPS) is 14.3. The highest BCUT2D eigenvalue weighted by Crippen LogP contribution is 2.29. The molecule has 0 spiro atoms. The summed E-state index contributed by atoms with van der Waals surface area (Å²) in [6.07, 6.45) is 0.134. The van der Waals surface area contributed by atoms with Gasteiger partial charge >= 0.3 is 30.7 Å². The van der Waals surface area contributed by atoms with E-state index in [9.17, 15) is 34.4 Å². The summed E-state index contributed by atoms with van der Waals surface area (Å²) in [4.78, 5) is 0. The Labute approximate surface area is 150 Å². The first-order chi connectivity index (χ1) is 11.2. The molecule has 1 unspecified atom stereocenters. The van der Waals surface area contributed by atoms with Gasteiger partial charge in [0.25, 0.3) is 0 Å². The smallest absolute Gasteiger partial charge is 0.372 e. The molecule has 0 aliphatic rings. The van der Waals surface area contributed by atoms with Gasteiger partial charge in [0.1, 0.15) is 0 Å². The van der Waals surface area contributed by atoms with Crippen LogP contribution in [-0.4, -0.2) is 59.4 Å². The fourth-order valence-electron chi connectivity index (χ4n) is 0.783. The van der Waals surface area contributed by atoms with E-state index in [0.717, 1.165) is 27.7 Å². The second-order valence-electron chi connectivity index (χ2n) is 5.74.